The van der Waals surface area contributed by atoms with Gasteiger partial charge in [-0.1, -0.05) is 29.3 Å². The van der Waals surface area contributed by atoms with Crippen molar-refractivity contribution in [1.82, 2.24) is 0 Å². The predicted molar refractivity (Wildman–Crippen MR) is 84.7 cm³/mol. The Kier molecular flexibility index (Phi) is 4.37. The van der Waals surface area contributed by atoms with Crippen molar-refractivity contribution in [1.29, 1.82) is 0 Å². The molecular weight excluding hydrogens is 297 g/mol. The molecule has 0 fully saturated rings. The van der Waals surface area contributed by atoms with Gasteiger partial charge in [-0.2, -0.15) is 0 Å². The summed E-state index contributed by atoms with van der Waals surface area (Å²) >= 11 is 11.8. The number of hydrogen-bond acceptors (Lipinski definition) is 2. The second kappa shape index (κ2) is 6.03. The molecule has 0 aromatic heterocycles. The number of nitrogen functional groups attached to an aromatic ring is 1. The summed E-state index contributed by atoms with van der Waals surface area (Å²) in [6.07, 6.45) is 0. The van der Waals surface area contributed by atoms with Crippen LogP contribution >= 0.6 is 23.2 Å². The van der Waals surface area contributed by atoms with Crippen LogP contribution < -0.4 is 16.4 Å². The Hall–Kier alpha value is -1.91. The van der Waals surface area contributed by atoms with Gasteiger partial charge in [-0.05, 0) is 42.8 Å². The van der Waals surface area contributed by atoms with Crippen molar-refractivity contribution in [2.45, 2.75) is 6.92 Å². The molecule has 2 aromatic carbocycles. The van der Waals surface area contributed by atoms with Crippen molar-refractivity contribution in [3.63, 3.8) is 0 Å². The van der Waals surface area contributed by atoms with Gasteiger partial charge in [0, 0.05) is 5.02 Å². The topological polar surface area (TPSA) is 67.2 Å². The fourth-order valence-corrected chi connectivity index (χ4v) is 2.00. The van der Waals surface area contributed by atoms with Gasteiger partial charge in [0.15, 0.2) is 0 Å². The molecule has 0 heterocycles. The highest BCUT2D eigenvalue weighted by atomic mass is 35.5. The second-order valence-electron chi connectivity index (χ2n) is 4.29. The van der Waals surface area contributed by atoms with E-state index in [1.807, 2.05) is 13.0 Å². The number of halogens is 2. The third kappa shape index (κ3) is 3.56. The summed E-state index contributed by atoms with van der Waals surface area (Å²) in [7, 11) is 0. The van der Waals surface area contributed by atoms with Crippen LogP contribution in [0, 0.1) is 6.92 Å². The maximum absolute atomic E-state index is 11.9. The molecule has 0 aliphatic rings. The highest BCUT2D eigenvalue weighted by Gasteiger charge is 2.08. The number of urea groups is 1. The Morgan fingerprint density at radius 2 is 1.75 bits per heavy atom. The first-order valence-electron chi connectivity index (χ1n) is 5.85. The maximum atomic E-state index is 11.9. The van der Waals surface area contributed by atoms with Crippen molar-refractivity contribution in [3.05, 3.63) is 52.0 Å². The monoisotopic (exact) mass is 309 g/mol. The lowest BCUT2D eigenvalue weighted by Crippen LogP contribution is -2.20. The average molecular weight is 310 g/mol. The number of nitrogens with two attached hydrogens (primary N) is 1. The highest BCUT2D eigenvalue weighted by molar-refractivity contribution is 6.35. The van der Waals surface area contributed by atoms with Crippen LogP contribution in [0.1, 0.15) is 5.56 Å². The van der Waals surface area contributed by atoms with E-state index in [0.29, 0.717) is 27.1 Å². The molecular formula is C14H13Cl2N3O. The molecule has 2 rings (SSSR count). The molecule has 0 bridgehead atoms. The van der Waals surface area contributed by atoms with E-state index in [4.69, 9.17) is 28.9 Å². The number of carbonyl (C=O) groups excluding carboxylic acids is 1. The van der Waals surface area contributed by atoms with E-state index in [1.54, 1.807) is 30.3 Å². The lowest BCUT2D eigenvalue weighted by molar-refractivity contribution is 0.262. The fraction of sp³-hybridized carbons (Fsp3) is 0.0714. The van der Waals surface area contributed by atoms with Crippen LogP contribution in [-0.4, -0.2) is 6.03 Å². The normalized spacial score (nSPS) is 10.2. The molecule has 0 saturated heterocycles. The summed E-state index contributed by atoms with van der Waals surface area (Å²) < 4.78 is 0. The molecule has 2 aromatic rings. The van der Waals surface area contributed by atoms with Crippen molar-refractivity contribution in [2.24, 2.45) is 0 Å². The van der Waals surface area contributed by atoms with E-state index in [0.717, 1.165) is 5.56 Å². The summed E-state index contributed by atoms with van der Waals surface area (Å²) in [5.74, 6) is 0. The zero-order chi connectivity index (χ0) is 14.7. The van der Waals surface area contributed by atoms with Crippen LogP contribution in [0.15, 0.2) is 36.4 Å². The Morgan fingerprint density at radius 1 is 1.05 bits per heavy atom. The van der Waals surface area contributed by atoms with Crippen molar-refractivity contribution in [2.75, 3.05) is 16.4 Å². The molecule has 0 unspecified atom stereocenters. The predicted octanol–water partition coefficient (Wildman–Crippen LogP) is 4.53. The van der Waals surface area contributed by atoms with E-state index >= 15 is 0 Å². The smallest absolute Gasteiger partial charge is 0.323 e. The number of carbonyl (C=O) groups is 1. The number of amides is 2. The van der Waals surface area contributed by atoms with E-state index in [-0.39, 0.29) is 0 Å². The van der Waals surface area contributed by atoms with Crippen LogP contribution in [-0.2, 0) is 0 Å². The number of aryl methyl sites for hydroxylation is 1. The number of hydrogen-bond donors (Lipinski definition) is 3. The Morgan fingerprint density at radius 3 is 2.45 bits per heavy atom. The summed E-state index contributed by atoms with van der Waals surface area (Å²) in [5.41, 5.74) is 8.31. The van der Waals surface area contributed by atoms with Crippen LogP contribution in [0.4, 0.5) is 21.9 Å². The van der Waals surface area contributed by atoms with E-state index in [1.165, 1.54) is 0 Å². The lowest BCUT2D eigenvalue weighted by Gasteiger charge is -2.11. The SMILES string of the molecule is Cc1ccc(NC(=O)Nc2cc(Cl)ccc2Cl)c(N)c1. The first kappa shape index (κ1) is 14.5. The molecule has 4 N–H and O–H groups in total. The van der Waals surface area contributed by atoms with Gasteiger partial charge in [-0.25, -0.2) is 4.79 Å². The number of nitrogens with one attached hydrogen (secondary N) is 2. The lowest BCUT2D eigenvalue weighted by atomic mass is 10.2. The van der Waals surface area contributed by atoms with Crippen LogP contribution in [0.25, 0.3) is 0 Å². The third-order valence-corrected chi connectivity index (χ3v) is 3.20. The molecule has 0 saturated carbocycles. The molecule has 0 aliphatic carbocycles. The van der Waals surface area contributed by atoms with Crippen molar-refractivity contribution >= 4 is 46.3 Å². The van der Waals surface area contributed by atoms with E-state index in [2.05, 4.69) is 10.6 Å². The summed E-state index contributed by atoms with van der Waals surface area (Å²) in [4.78, 5) is 11.9. The van der Waals surface area contributed by atoms with Gasteiger partial charge in [0.1, 0.15) is 0 Å². The maximum Gasteiger partial charge on any atom is 0.323 e. The molecule has 0 aliphatic heterocycles. The van der Waals surface area contributed by atoms with Gasteiger partial charge in [0.2, 0.25) is 0 Å². The molecule has 4 nitrogen and oxygen atoms in total. The largest absolute Gasteiger partial charge is 0.397 e. The third-order valence-electron chi connectivity index (χ3n) is 2.63. The Labute approximate surface area is 126 Å². The average Bonchev–Trinajstić information content (AvgIpc) is 2.37. The van der Waals surface area contributed by atoms with E-state index in [9.17, 15) is 4.79 Å². The van der Waals surface area contributed by atoms with Crippen molar-refractivity contribution < 1.29 is 4.79 Å². The van der Waals surface area contributed by atoms with Crippen molar-refractivity contribution in [3.8, 4) is 0 Å². The van der Waals surface area contributed by atoms with Gasteiger partial charge in [0.05, 0.1) is 22.1 Å². The van der Waals surface area contributed by atoms with E-state index < -0.39 is 6.03 Å². The minimum Gasteiger partial charge on any atom is -0.397 e. The highest BCUT2D eigenvalue weighted by Crippen LogP contribution is 2.26. The standard InChI is InChI=1S/C14H13Cl2N3O/c1-8-2-5-12(11(17)6-8)18-14(20)19-13-7-9(15)3-4-10(13)16/h2-7H,17H2,1H3,(H2,18,19,20). The first-order valence-corrected chi connectivity index (χ1v) is 6.60. The summed E-state index contributed by atoms with van der Waals surface area (Å²) in [6, 6.07) is 9.77. The second-order valence-corrected chi connectivity index (χ2v) is 5.14. The van der Waals surface area contributed by atoms with Gasteiger partial charge in [-0.15, -0.1) is 0 Å². The summed E-state index contributed by atoms with van der Waals surface area (Å²) in [6.45, 7) is 1.92. The van der Waals surface area contributed by atoms with Crippen LogP contribution in [0.2, 0.25) is 10.0 Å². The molecule has 6 heteroatoms. The Balaban J connectivity index is 2.11. The molecule has 104 valence electrons. The van der Waals surface area contributed by atoms with Crippen LogP contribution in [0.3, 0.4) is 0 Å². The molecule has 2 amide bonds. The quantitative estimate of drug-likeness (QED) is 0.713. The van der Waals surface area contributed by atoms with Crippen LogP contribution in [0.5, 0.6) is 0 Å². The molecule has 20 heavy (non-hydrogen) atoms. The van der Waals surface area contributed by atoms with Gasteiger partial charge in [-0.3, -0.25) is 0 Å². The van der Waals surface area contributed by atoms with Gasteiger partial charge in [0.25, 0.3) is 0 Å². The minimum absolute atomic E-state index is 0.404. The molecule has 0 atom stereocenters. The molecule has 0 spiro atoms. The number of rotatable bonds is 2. The Bertz CT molecular complexity index is 659. The fourth-order valence-electron chi connectivity index (χ4n) is 1.67. The number of anilines is 3. The van der Waals surface area contributed by atoms with Gasteiger partial charge < -0.3 is 16.4 Å². The minimum atomic E-state index is -0.440. The first-order chi connectivity index (χ1) is 9.45. The molecule has 0 radical (unpaired) electrons. The zero-order valence-electron chi connectivity index (χ0n) is 10.7. The number of benzene rings is 2. The summed E-state index contributed by atoms with van der Waals surface area (Å²) in [5, 5.41) is 6.16. The zero-order valence-corrected chi connectivity index (χ0v) is 12.2. The van der Waals surface area contributed by atoms with Gasteiger partial charge >= 0.3 is 6.03 Å².